The van der Waals surface area contributed by atoms with E-state index in [2.05, 4.69) is 9.88 Å². The number of methoxy groups -OCH3 is 1. The molecular weight excluding hydrogens is 494 g/mol. The summed E-state index contributed by atoms with van der Waals surface area (Å²) >= 11 is 6.98. The zero-order valence-electron chi connectivity index (χ0n) is 17.3. The molecule has 1 aliphatic heterocycles. The molecule has 13 heteroatoms. The second-order valence-corrected chi connectivity index (χ2v) is 9.79. The van der Waals surface area contributed by atoms with Gasteiger partial charge in [0.15, 0.2) is 17.3 Å². The number of hydrogen-bond donors (Lipinski definition) is 1. The van der Waals surface area contributed by atoms with E-state index in [1.807, 2.05) is 6.07 Å². The van der Waals surface area contributed by atoms with Crippen molar-refractivity contribution in [1.29, 1.82) is 5.26 Å². The van der Waals surface area contributed by atoms with Gasteiger partial charge in [0, 0.05) is 12.0 Å². The first-order chi connectivity index (χ1) is 15.8. The molecule has 0 spiro atoms. The number of thiophene rings is 1. The molecular formula is C20H16ClN3O7S2. The molecule has 0 aliphatic carbocycles. The summed E-state index contributed by atoms with van der Waals surface area (Å²) in [6, 6.07) is 4.98. The van der Waals surface area contributed by atoms with Crippen molar-refractivity contribution in [1.82, 2.24) is 5.16 Å². The number of anilines is 1. The van der Waals surface area contributed by atoms with Crippen LogP contribution in [0.4, 0.5) is 5.88 Å². The molecule has 0 fully saturated rings. The summed E-state index contributed by atoms with van der Waals surface area (Å²) in [4.78, 5) is 13.0. The third kappa shape index (κ3) is 4.22. The molecule has 172 valence electrons. The van der Waals surface area contributed by atoms with Crippen molar-refractivity contribution >= 4 is 44.6 Å². The topological polar surface area (TPSA) is 141 Å². The minimum absolute atomic E-state index is 0.00233. The van der Waals surface area contributed by atoms with Crippen LogP contribution in [0.5, 0.6) is 17.2 Å². The molecule has 33 heavy (non-hydrogen) atoms. The maximum Gasteiger partial charge on any atom is 0.265 e. The van der Waals surface area contributed by atoms with Crippen LogP contribution >= 0.6 is 22.9 Å². The standard InChI is InChI=1S/C20H16ClN3O7S2/c1-10-16(21)20(31-23-10)24-33(26,27)15-4-6-32-19(15)13(25)8-12-11(3-5-22)7-14-18(17(12)28-2)30-9-29-14/h4,6-7,24H,3,8-9H2,1-2H3. The van der Waals surface area contributed by atoms with Crippen LogP contribution < -0.4 is 18.9 Å². The van der Waals surface area contributed by atoms with Gasteiger partial charge in [-0.2, -0.15) is 5.26 Å². The number of nitriles is 1. The zero-order valence-corrected chi connectivity index (χ0v) is 19.7. The van der Waals surface area contributed by atoms with E-state index in [4.69, 9.17) is 30.3 Å². The van der Waals surface area contributed by atoms with E-state index in [9.17, 15) is 18.5 Å². The van der Waals surface area contributed by atoms with Gasteiger partial charge < -0.3 is 18.7 Å². The number of rotatable bonds is 8. The van der Waals surface area contributed by atoms with E-state index in [0.29, 0.717) is 28.3 Å². The number of carbonyl (C=O) groups excluding carboxylic acids is 1. The monoisotopic (exact) mass is 509 g/mol. The van der Waals surface area contributed by atoms with Crippen LogP contribution in [0.15, 0.2) is 26.9 Å². The first-order valence-corrected chi connectivity index (χ1v) is 12.1. The first kappa shape index (κ1) is 22.9. The fourth-order valence-electron chi connectivity index (χ4n) is 3.31. The predicted molar refractivity (Wildman–Crippen MR) is 118 cm³/mol. The van der Waals surface area contributed by atoms with E-state index >= 15 is 0 Å². The van der Waals surface area contributed by atoms with Crippen molar-refractivity contribution in [3.8, 4) is 23.3 Å². The third-order valence-electron chi connectivity index (χ3n) is 4.82. The Morgan fingerprint density at radius 1 is 1.42 bits per heavy atom. The van der Waals surface area contributed by atoms with Crippen molar-refractivity contribution in [2.45, 2.75) is 24.7 Å². The number of hydrogen-bond acceptors (Lipinski definition) is 10. The molecule has 0 saturated heterocycles. The first-order valence-electron chi connectivity index (χ1n) is 9.37. The normalized spacial score (nSPS) is 12.4. The number of nitrogens with one attached hydrogen (secondary N) is 1. The molecule has 2 aromatic heterocycles. The van der Waals surface area contributed by atoms with E-state index in [-0.39, 0.29) is 46.1 Å². The molecule has 0 atom stereocenters. The minimum Gasteiger partial charge on any atom is -0.492 e. The Labute approximate surface area is 197 Å². The maximum atomic E-state index is 13.2. The number of Topliss-reactive ketones (excluding diaryl/α,β-unsaturated/α-hetero) is 1. The number of benzene rings is 1. The molecule has 0 unspecified atom stereocenters. The Morgan fingerprint density at radius 3 is 2.88 bits per heavy atom. The Bertz CT molecular complexity index is 1390. The summed E-state index contributed by atoms with van der Waals surface area (Å²) in [5.74, 6) is 0.287. The number of sulfonamides is 1. The van der Waals surface area contributed by atoms with Gasteiger partial charge in [-0.1, -0.05) is 16.8 Å². The fraction of sp³-hybridized carbons (Fsp3) is 0.250. The average molecular weight is 510 g/mol. The van der Waals surface area contributed by atoms with Gasteiger partial charge in [0.1, 0.15) is 15.6 Å². The highest BCUT2D eigenvalue weighted by molar-refractivity contribution is 7.93. The molecule has 3 heterocycles. The van der Waals surface area contributed by atoms with E-state index in [1.165, 1.54) is 18.6 Å². The smallest absolute Gasteiger partial charge is 0.265 e. The van der Waals surface area contributed by atoms with Crippen molar-refractivity contribution in [3.63, 3.8) is 0 Å². The molecule has 0 amide bonds. The number of halogens is 1. The second-order valence-electron chi connectivity index (χ2n) is 6.85. The fourth-order valence-corrected chi connectivity index (χ4v) is 5.86. The molecule has 1 aliphatic rings. The Morgan fingerprint density at radius 2 is 2.21 bits per heavy atom. The van der Waals surface area contributed by atoms with Gasteiger partial charge in [-0.15, -0.1) is 11.3 Å². The molecule has 1 aromatic carbocycles. The molecule has 0 bridgehead atoms. The Kier molecular flexibility index (Phi) is 6.20. The summed E-state index contributed by atoms with van der Waals surface area (Å²) in [5.41, 5.74) is 1.26. The Balaban J connectivity index is 1.69. The Hall–Kier alpha value is -3.27. The van der Waals surface area contributed by atoms with Crippen molar-refractivity contribution in [3.05, 3.63) is 44.2 Å². The molecule has 1 N–H and O–H groups in total. The van der Waals surface area contributed by atoms with Gasteiger partial charge in [0.25, 0.3) is 15.9 Å². The van der Waals surface area contributed by atoms with Gasteiger partial charge in [-0.3, -0.25) is 4.79 Å². The molecule has 3 aromatic rings. The van der Waals surface area contributed by atoms with E-state index < -0.39 is 15.8 Å². The molecule has 10 nitrogen and oxygen atoms in total. The number of carbonyl (C=O) groups is 1. The van der Waals surface area contributed by atoms with Crippen LogP contribution in [-0.2, 0) is 22.9 Å². The largest absolute Gasteiger partial charge is 0.492 e. The highest BCUT2D eigenvalue weighted by Crippen LogP contribution is 2.45. The zero-order chi connectivity index (χ0) is 23.8. The van der Waals surface area contributed by atoms with Gasteiger partial charge in [-0.05, 0) is 30.0 Å². The summed E-state index contributed by atoms with van der Waals surface area (Å²) in [7, 11) is -2.79. The van der Waals surface area contributed by atoms with Crippen molar-refractivity contribution < 1.29 is 31.9 Å². The lowest BCUT2D eigenvalue weighted by Crippen LogP contribution is -2.16. The number of ketones is 1. The molecule has 4 rings (SSSR count). The van der Waals surface area contributed by atoms with Crippen LogP contribution in [0.25, 0.3) is 0 Å². The lowest BCUT2D eigenvalue weighted by atomic mass is 9.97. The van der Waals surface area contributed by atoms with Crippen LogP contribution in [0.1, 0.15) is 26.5 Å². The summed E-state index contributed by atoms with van der Waals surface area (Å²) in [5, 5.41) is 14.3. The number of nitrogens with zero attached hydrogens (tertiary/aromatic N) is 2. The molecule has 0 saturated carbocycles. The van der Waals surface area contributed by atoms with E-state index in [0.717, 1.165) is 11.3 Å². The average Bonchev–Trinajstić information content (AvgIpc) is 3.51. The van der Waals surface area contributed by atoms with Crippen molar-refractivity contribution in [2.24, 2.45) is 0 Å². The van der Waals surface area contributed by atoms with E-state index in [1.54, 1.807) is 13.0 Å². The summed E-state index contributed by atoms with van der Waals surface area (Å²) in [6.45, 7) is 1.54. The van der Waals surface area contributed by atoms with Gasteiger partial charge in [-0.25, -0.2) is 13.1 Å². The number of fused-ring (bicyclic) bond motifs is 1. The lowest BCUT2D eigenvalue weighted by Gasteiger charge is -2.14. The minimum atomic E-state index is -4.20. The number of ether oxygens (including phenoxy) is 3. The summed E-state index contributed by atoms with van der Waals surface area (Å²) < 4.78 is 49.3. The number of aryl methyl sites for hydroxylation is 1. The predicted octanol–water partition coefficient (Wildman–Crippen LogP) is 3.73. The number of aromatic nitrogens is 1. The van der Waals surface area contributed by atoms with Gasteiger partial charge in [0.05, 0.1) is 24.5 Å². The van der Waals surface area contributed by atoms with Crippen LogP contribution in [0, 0.1) is 18.3 Å². The third-order valence-corrected chi connectivity index (χ3v) is 7.72. The highest BCUT2D eigenvalue weighted by atomic mass is 35.5. The van der Waals surface area contributed by atoms with Crippen molar-refractivity contribution in [2.75, 3.05) is 18.6 Å². The maximum absolute atomic E-state index is 13.2. The van der Waals surface area contributed by atoms with Crippen LogP contribution in [0.2, 0.25) is 5.02 Å². The van der Waals surface area contributed by atoms with Gasteiger partial charge in [0.2, 0.25) is 12.5 Å². The second kappa shape index (κ2) is 8.93. The van der Waals surface area contributed by atoms with Gasteiger partial charge >= 0.3 is 0 Å². The lowest BCUT2D eigenvalue weighted by molar-refractivity contribution is 0.0992. The quantitative estimate of drug-likeness (QED) is 0.449. The SMILES string of the molecule is COc1c(CC(=O)c2sccc2S(=O)(=O)Nc2onc(C)c2Cl)c(CC#N)cc2c1OCO2. The van der Waals surface area contributed by atoms with Crippen LogP contribution in [0.3, 0.4) is 0 Å². The summed E-state index contributed by atoms with van der Waals surface area (Å²) in [6.07, 6.45) is -0.224. The molecule has 0 radical (unpaired) electrons. The highest BCUT2D eigenvalue weighted by Gasteiger charge is 2.30. The van der Waals surface area contributed by atoms with Crippen LogP contribution in [-0.4, -0.2) is 33.3 Å².